The molecule has 9 heteroatoms. The summed E-state index contributed by atoms with van der Waals surface area (Å²) < 4.78 is 1.17. The fraction of sp³-hybridized carbons (Fsp3) is 0.517. The third-order valence-electron chi connectivity index (χ3n) is 7.99. The van der Waals surface area contributed by atoms with Gasteiger partial charge in [-0.3, -0.25) is 9.59 Å². The molecule has 0 radical (unpaired) electrons. The van der Waals surface area contributed by atoms with E-state index >= 15 is 0 Å². The lowest BCUT2D eigenvalue weighted by Crippen LogP contribution is -2.46. The maximum Gasteiger partial charge on any atom is 0.313 e. The number of hydrogen-bond acceptors (Lipinski definition) is 7. The molecule has 2 amide bonds. The first kappa shape index (κ1) is 26.6. The van der Waals surface area contributed by atoms with Crippen LogP contribution in [0.2, 0.25) is 0 Å². The smallest absolute Gasteiger partial charge is 0.313 e. The normalized spacial score (nSPS) is 21.1. The zero-order valence-electron chi connectivity index (χ0n) is 22.6. The van der Waals surface area contributed by atoms with Crippen LogP contribution in [0, 0.1) is 5.92 Å². The van der Waals surface area contributed by atoms with Crippen molar-refractivity contribution >= 4 is 44.9 Å². The number of nitrogen functional groups attached to an aromatic ring is 1. The van der Waals surface area contributed by atoms with E-state index in [1.165, 1.54) is 36.8 Å². The molecule has 2 saturated heterocycles. The standard InChI is InChI=1S/C29H38N6O2S/c1-4-20-14-22(16-31-27(20)30)32-28(36)29(37)35-17-18(2)7-9-24(35)21-8-10-25-23(15-21)33-26(38-25)13-19(3)34-11-5-6-12-34/h8,10,14-16,18-19,24H,4-7,9,11-13,17H2,1-3H3,(H2,30,31)(H,32,36)/t18-,19?,24+/m0/s1. The third kappa shape index (κ3) is 5.68. The number of benzene rings is 1. The van der Waals surface area contributed by atoms with E-state index in [-0.39, 0.29) is 6.04 Å². The van der Waals surface area contributed by atoms with Gasteiger partial charge in [-0.2, -0.15) is 0 Å². The van der Waals surface area contributed by atoms with Crippen molar-refractivity contribution in [3.8, 4) is 0 Å². The number of nitrogens with zero attached hydrogens (tertiary/aromatic N) is 4. The number of aromatic nitrogens is 2. The molecule has 0 saturated carbocycles. The number of rotatable bonds is 6. The van der Waals surface area contributed by atoms with Crippen LogP contribution in [0.1, 0.15) is 68.6 Å². The highest BCUT2D eigenvalue weighted by atomic mass is 32.1. The molecule has 0 spiro atoms. The zero-order chi connectivity index (χ0) is 26.8. The van der Waals surface area contributed by atoms with E-state index < -0.39 is 11.8 Å². The van der Waals surface area contributed by atoms with Crippen molar-refractivity contribution in [3.05, 3.63) is 46.6 Å². The number of nitrogens with one attached hydrogen (secondary N) is 1. The summed E-state index contributed by atoms with van der Waals surface area (Å²) in [5.74, 6) is -0.400. The van der Waals surface area contributed by atoms with E-state index in [0.29, 0.717) is 36.4 Å². The summed E-state index contributed by atoms with van der Waals surface area (Å²) in [4.78, 5) is 39.9. The molecule has 2 fully saturated rings. The minimum Gasteiger partial charge on any atom is -0.383 e. The largest absolute Gasteiger partial charge is 0.383 e. The SMILES string of the molecule is CCc1cc(NC(=O)C(=O)N2C[C@@H](C)CC[C@@H]2c2ccc3sc(CC(C)N4CCCC4)nc3c2)cnc1N. The van der Waals surface area contributed by atoms with Crippen molar-refractivity contribution in [2.75, 3.05) is 30.7 Å². The van der Waals surface area contributed by atoms with Gasteiger partial charge >= 0.3 is 11.8 Å². The Labute approximate surface area is 228 Å². The molecule has 3 atom stereocenters. The topological polar surface area (TPSA) is 104 Å². The van der Waals surface area contributed by atoms with E-state index in [1.807, 2.05) is 6.92 Å². The average molecular weight is 535 g/mol. The Morgan fingerprint density at radius 1 is 1.21 bits per heavy atom. The van der Waals surface area contributed by atoms with Crippen LogP contribution in [0.3, 0.4) is 0 Å². The molecule has 0 aliphatic carbocycles. The second kappa shape index (κ2) is 11.4. The summed E-state index contributed by atoms with van der Waals surface area (Å²) in [6.45, 7) is 9.31. The van der Waals surface area contributed by atoms with E-state index in [9.17, 15) is 9.59 Å². The van der Waals surface area contributed by atoms with Crippen molar-refractivity contribution in [1.82, 2.24) is 19.8 Å². The van der Waals surface area contributed by atoms with Gasteiger partial charge in [-0.1, -0.05) is 19.9 Å². The first-order chi connectivity index (χ1) is 18.3. The molecule has 5 rings (SSSR count). The Balaban J connectivity index is 1.33. The fourth-order valence-corrected chi connectivity index (χ4v) is 6.83. The quantitative estimate of drug-likeness (QED) is 0.440. The lowest BCUT2D eigenvalue weighted by molar-refractivity contribution is -0.146. The molecule has 4 heterocycles. The minimum absolute atomic E-state index is 0.154. The molecular weight excluding hydrogens is 496 g/mol. The van der Waals surface area contributed by atoms with Crippen LogP contribution in [0.25, 0.3) is 10.2 Å². The lowest BCUT2D eigenvalue weighted by Gasteiger charge is -2.38. The maximum atomic E-state index is 13.4. The molecule has 8 nitrogen and oxygen atoms in total. The zero-order valence-corrected chi connectivity index (χ0v) is 23.4. The summed E-state index contributed by atoms with van der Waals surface area (Å²) in [7, 11) is 0. The van der Waals surface area contributed by atoms with Crippen LogP contribution in [-0.2, 0) is 22.4 Å². The number of likely N-dealkylation sites (tertiary alicyclic amines) is 2. The minimum atomic E-state index is -0.648. The van der Waals surface area contributed by atoms with Crippen LogP contribution in [0.4, 0.5) is 11.5 Å². The average Bonchev–Trinajstić information content (AvgIpc) is 3.59. The van der Waals surface area contributed by atoms with Gasteiger partial charge in [0.2, 0.25) is 0 Å². The molecule has 2 aliphatic rings. The van der Waals surface area contributed by atoms with E-state index in [1.54, 1.807) is 22.3 Å². The van der Waals surface area contributed by atoms with Crippen molar-refractivity contribution in [2.45, 2.75) is 71.4 Å². The monoisotopic (exact) mass is 534 g/mol. The molecule has 3 N–H and O–H groups in total. The number of carbonyl (C=O) groups excluding carboxylic acids is 2. The van der Waals surface area contributed by atoms with Crippen molar-refractivity contribution in [1.29, 1.82) is 0 Å². The summed E-state index contributed by atoms with van der Waals surface area (Å²) in [6.07, 6.45) is 7.55. The highest BCUT2D eigenvalue weighted by Crippen LogP contribution is 2.36. The molecule has 2 aliphatic heterocycles. The first-order valence-corrected chi connectivity index (χ1v) is 14.6. The van der Waals surface area contributed by atoms with Crippen molar-refractivity contribution in [3.63, 3.8) is 0 Å². The van der Waals surface area contributed by atoms with E-state index in [0.717, 1.165) is 40.9 Å². The number of anilines is 2. The summed E-state index contributed by atoms with van der Waals surface area (Å²) in [5.41, 5.74) is 9.23. The number of piperidine rings is 1. The molecule has 3 aromatic rings. The van der Waals surface area contributed by atoms with Crippen molar-refractivity contribution < 1.29 is 9.59 Å². The van der Waals surface area contributed by atoms with Gasteiger partial charge in [-0.15, -0.1) is 11.3 Å². The van der Waals surface area contributed by atoms with Gasteiger partial charge in [0.1, 0.15) is 5.82 Å². The van der Waals surface area contributed by atoms with E-state index in [4.69, 9.17) is 10.7 Å². The number of pyridine rings is 1. The Bertz CT molecular complexity index is 1320. The highest BCUT2D eigenvalue weighted by molar-refractivity contribution is 7.18. The number of thiazole rings is 1. The van der Waals surface area contributed by atoms with Gasteiger partial charge in [0.25, 0.3) is 0 Å². The third-order valence-corrected chi connectivity index (χ3v) is 9.05. The number of hydrogen-bond donors (Lipinski definition) is 2. The maximum absolute atomic E-state index is 13.4. The van der Waals surface area contributed by atoms with Gasteiger partial charge in [-0.25, -0.2) is 9.97 Å². The van der Waals surface area contributed by atoms with Gasteiger partial charge in [0, 0.05) is 19.0 Å². The van der Waals surface area contributed by atoms with Crippen LogP contribution in [-0.4, -0.2) is 57.3 Å². The molecule has 2 aromatic heterocycles. The van der Waals surface area contributed by atoms with Crippen LogP contribution < -0.4 is 11.1 Å². The number of fused-ring (bicyclic) bond motifs is 1. The number of amides is 2. The van der Waals surface area contributed by atoms with Gasteiger partial charge < -0.3 is 20.9 Å². The van der Waals surface area contributed by atoms with Crippen LogP contribution in [0.15, 0.2) is 30.5 Å². The van der Waals surface area contributed by atoms with Gasteiger partial charge in [0.15, 0.2) is 0 Å². The van der Waals surface area contributed by atoms with Crippen molar-refractivity contribution in [2.24, 2.45) is 5.92 Å². The Hall–Kier alpha value is -3.04. The first-order valence-electron chi connectivity index (χ1n) is 13.8. The second-order valence-corrected chi connectivity index (χ2v) is 12.0. The van der Waals surface area contributed by atoms with E-state index in [2.05, 4.69) is 47.2 Å². The molecule has 1 unspecified atom stereocenters. The predicted molar refractivity (Wildman–Crippen MR) is 153 cm³/mol. The van der Waals surface area contributed by atoms with Gasteiger partial charge in [0.05, 0.1) is 33.2 Å². The summed E-state index contributed by atoms with van der Waals surface area (Å²) in [6, 6.07) is 8.46. The lowest BCUT2D eigenvalue weighted by atomic mass is 9.89. The molecule has 38 heavy (non-hydrogen) atoms. The summed E-state index contributed by atoms with van der Waals surface area (Å²) >= 11 is 1.76. The Morgan fingerprint density at radius 2 is 2.00 bits per heavy atom. The molecule has 1 aromatic carbocycles. The Morgan fingerprint density at radius 3 is 2.76 bits per heavy atom. The number of nitrogens with two attached hydrogens (primary N) is 1. The Kier molecular flexibility index (Phi) is 7.95. The van der Waals surface area contributed by atoms with Crippen LogP contribution >= 0.6 is 11.3 Å². The van der Waals surface area contributed by atoms with Gasteiger partial charge in [-0.05, 0) is 87.4 Å². The predicted octanol–water partition coefficient (Wildman–Crippen LogP) is 4.80. The fourth-order valence-electron chi connectivity index (χ4n) is 5.76. The highest BCUT2D eigenvalue weighted by Gasteiger charge is 2.34. The molecule has 202 valence electrons. The summed E-state index contributed by atoms with van der Waals surface area (Å²) in [5, 5.41) is 3.90. The second-order valence-electron chi connectivity index (χ2n) is 10.9. The number of carbonyl (C=O) groups is 2. The number of aryl methyl sites for hydroxylation is 1. The molecular formula is C29H38N6O2S. The molecule has 0 bridgehead atoms. The van der Waals surface area contributed by atoms with Crippen LogP contribution in [0.5, 0.6) is 0 Å².